The Labute approximate surface area is 134 Å². The highest BCUT2D eigenvalue weighted by Gasteiger charge is 2.52. The van der Waals surface area contributed by atoms with Crippen molar-refractivity contribution in [1.82, 2.24) is 5.06 Å². The zero-order valence-electron chi connectivity index (χ0n) is 13.4. The normalized spacial score (nSPS) is 12.9. The molecule has 0 fully saturated rings. The third-order valence-corrected chi connectivity index (χ3v) is 3.46. The minimum Gasteiger partial charge on any atom is -0.467 e. The lowest BCUT2D eigenvalue weighted by Gasteiger charge is -2.33. The molecule has 1 rings (SSSR count). The number of hydrogen-bond acceptors (Lipinski definition) is 6. The van der Waals surface area contributed by atoms with Crippen LogP contribution in [0.4, 0.5) is 4.79 Å². The number of carbonyl (C=O) groups excluding carboxylic acids is 3. The van der Waals surface area contributed by atoms with Gasteiger partial charge < -0.3 is 9.47 Å². The fraction of sp³-hybridized carbons (Fsp3) is 0.438. The molecule has 23 heavy (non-hydrogen) atoms. The molecule has 0 aliphatic heterocycles. The fourth-order valence-electron chi connectivity index (χ4n) is 2.23. The first-order valence-corrected chi connectivity index (χ1v) is 7.19. The molecule has 0 saturated carbocycles. The standard InChI is InChI=1S/C16H21NO6/c1-4-10-16(12(2)18,14(19)22-3)17(21)15(20)23-11-13-8-6-5-7-9-13/h5-9,21H,4,10-11H2,1-3H3/t16-/m1/s1. The minimum absolute atomic E-state index is 0.0353. The second-order valence-corrected chi connectivity index (χ2v) is 5.01. The van der Waals surface area contributed by atoms with Crippen molar-refractivity contribution in [3.05, 3.63) is 35.9 Å². The number of carbonyl (C=O) groups is 3. The van der Waals surface area contributed by atoms with Gasteiger partial charge in [-0.05, 0) is 18.9 Å². The van der Waals surface area contributed by atoms with Gasteiger partial charge in [0.05, 0.1) is 7.11 Å². The molecule has 1 atom stereocenters. The molecule has 0 bridgehead atoms. The van der Waals surface area contributed by atoms with Crippen LogP contribution in [0.25, 0.3) is 0 Å². The van der Waals surface area contributed by atoms with E-state index in [1.807, 2.05) is 6.07 Å². The second-order valence-electron chi connectivity index (χ2n) is 5.01. The van der Waals surface area contributed by atoms with Crippen molar-refractivity contribution in [2.75, 3.05) is 7.11 Å². The lowest BCUT2D eigenvalue weighted by molar-refractivity contribution is -0.190. The number of esters is 1. The van der Waals surface area contributed by atoms with E-state index >= 15 is 0 Å². The lowest BCUT2D eigenvalue weighted by atomic mass is 9.89. The number of amides is 1. The average Bonchev–Trinajstić information content (AvgIpc) is 2.56. The van der Waals surface area contributed by atoms with Crippen LogP contribution in [0, 0.1) is 0 Å². The summed E-state index contributed by atoms with van der Waals surface area (Å²) in [6, 6.07) is 8.82. The summed E-state index contributed by atoms with van der Waals surface area (Å²) < 4.78 is 9.56. The van der Waals surface area contributed by atoms with Crippen LogP contribution < -0.4 is 0 Å². The molecular formula is C16H21NO6. The number of benzene rings is 1. The fourth-order valence-corrected chi connectivity index (χ4v) is 2.23. The molecule has 0 heterocycles. The van der Waals surface area contributed by atoms with Gasteiger partial charge in [0, 0.05) is 0 Å². The van der Waals surface area contributed by atoms with Gasteiger partial charge in [0.2, 0.25) is 5.54 Å². The zero-order valence-corrected chi connectivity index (χ0v) is 13.4. The van der Waals surface area contributed by atoms with E-state index in [9.17, 15) is 19.6 Å². The van der Waals surface area contributed by atoms with Gasteiger partial charge in [-0.3, -0.25) is 10.0 Å². The number of ketones is 1. The van der Waals surface area contributed by atoms with E-state index in [2.05, 4.69) is 4.74 Å². The molecule has 0 aromatic heterocycles. The summed E-state index contributed by atoms with van der Waals surface area (Å²) in [6.07, 6.45) is -0.896. The minimum atomic E-state index is -2.10. The molecule has 1 aromatic carbocycles. The molecule has 126 valence electrons. The number of hydrogen-bond donors (Lipinski definition) is 1. The van der Waals surface area contributed by atoms with Crippen molar-refractivity contribution in [3.8, 4) is 0 Å². The van der Waals surface area contributed by atoms with Crippen LogP contribution in [-0.2, 0) is 25.7 Å². The SMILES string of the molecule is CCC[C@@](C(C)=O)(C(=O)OC)N(O)C(=O)OCc1ccccc1. The van der Waals surface area contributed by atoms with Gasteiger partial charge >= 0.3 is 12.1 Å². The summed E-state index contributed by atoms with van der Waals surface area (Å²) in [4.78, 5) is 36.1. The number of rotatable bonds is 7. The van der Waals surface area contributed by atoms with Gasteiger partial charge in [-0.15, -0.1) is 0 Å². The van der Waals surface area contributed by atoms with Crippen LogP contribution in [0.2, 0.25) is 0 Å². The molecule has 0 saturated heterocycles. The molecule has 1 aromatic rings. The zero-order chi connectivity index (χ0) is 17.5. The molecule has 7 nitrogen and oxygen atoms in total. The summed E-state index contributed by atoms with van der Waals surface area (Å²) in [7, 11) is 1.08. The molecule has 7 heteroatoms. The number of methoxy groups -OCH3 is 1. The van der Waals surface area contributed by atoms with Crippen molar-refractivity contribution < 1.29 is 29.1 Å². The van der Waals surface area contributed by atoms with Crippen LogP contribution >= 0.6 is 0 Å². The van der Waals surface area contributed by atoms with Gasteiger partial charge in [0.25, 0.3) is 0 Å². The molecule has 0 aliphatic rings. The Bertz CT molecular complexity index is 559. The van der Waals surface area contributed by atoms with Crippen molar-refractivity contribution in [3.63, 3.8) is 0 Å². The number of Topliss-reactive ketones (excluding diaryl/α,β-unsaturated/α-hetero) is 1. The maximum Gasteiger partial charge on any atom is 0.435 e. The van der Waals surface area contributed by atoms with Crippen molar-refractivity contribution >= 4 is 17.8 Å². The Morgan fingerprint density at radius 3 is 2.30 bits per heavy atom. The highest BCUT2D eigenvalue weighted by Crippen LogP contribution is 2.25. The van der Waals surface area contributed by atoms with Gasteiger partial charge in [-0.2, -0.15) is 5.06 Å². The molecule has 0 radical (unpaired) electrons. The van der Waals surface area contributed by atoms with Crippen LogP contribution in [0.3, 0.4) is 0 Å². The Hall–Kier alpha value is -2.41. The Morgan fingerprint density at radius 2 is 1.83 bits per heavy atom. The predicted molar refractivity (Wildman–Crippen MR) is 80.6 cm³/mol. The topological polar surface area (TPSA) is 93.1 Å². The van der Waals surface area contributed by atoms with E-state index in [0.29, 0.717) is 12.0 Å². The first-order valence-electron chi connectivity index (χ1n) is 7.19. The Morgan fingerprint density at radius 1 is 1.22 bits per heavy atom. The van der Waals surface area contributed by atoms with Crippen LogP contribution in [0.15, 0.2) is 30.3 Å². The first kappa shape index (κ1) is 18.6. The van der Waals surface area contributed by atoms with Gasteiger partial charge in [-0.25, -0.2) is 9.59 Å². The second kappa shape index (κ2) is 8.28. The maximum absolute atomic E-state index is 12.1. The van der Waals surface area contributed by atoms with Gasteiger partial charge in [0.15, 0.2) is 5.78 Å². The van der Waals surface area contributed by atoms with Crippen molar-refractivity contribution in [2.24, 2.45) is 0 Å². The molecule has 0 spiro atoms. The molecule has 1 N–H and O–H groups in total. The number of ether oxygens (including phenoxy) is 2. The quantitative estimate of drug-likeness (QED) is 0.358. The van der Waals surface area contributed by atoms with E-state index in [4.69, 9.17) is 4.74 Å². The maximum atomic E-state index is 12.1. The first-order chi connectivity index (χ1) is 10.9. The largest absolute Gasteiger partial charge is 0.467 e. The van der Waals surface area contributed by atoms with Gasteiger partial charge in [-0.1, -0.05) is 43.7 Å². The Kier molecular flexibility index (Phi) is 6.71. The van der Waals surface area contributed by atoms with Gasteiger partial charge in [0.1, 0.15) is 6.61 Å². The van der Waals surface area contributed by atoms with Crippen molar-refractivity contribution in [1.29, 1.82) is 0 Å². The van der Waals surface area contributed by atoms with E-state index in [1.165, 1.54) is 0 Å². The summed E-state index contributed by atoms with van der Waals surface area (Å²) >= 11 is 0. The van der Waals surface area contributed by atoms with Crippen molar-refractivity contribution in [2.45, 2.75) is 38.8 Å². The number of nitrogens with zero attached hydrogens (tertiary/aromatic N) is 1. The highest BCUT2D eigenvalue weighted by atomic mass is 16.6. The van der Waals surface area contributed by atoms with Crippen LogP contribution in [-0.4, -0.2) is 40.8 Å². The summed E-state index contributed by atoms with van der Waals surface area (Å²) in [6.45, 7) is 2.72. The summed E-state index contributed by atoms with van der Waals surface area (Å²) in [5.74, 6) is -1.71. The van der Waals surface area contributed by atoms with Crippen LogP contribution in [0.5, 0.6) is 0 Å². The third-order valence-electron chi connectivity index (χ3n) is 3.46. The highest BCUT2D eigenvalue weighted by molar-refractivity contribution is 6.09. The summed E-state index contributed by atoms with van der Waals surface area (Å²) in [5, 5.41) is 10.2. The smallest absolute Gasteiger partial charge is 0.435 e. The van der Waals surface area contributed by atoms with E-state index in [-0.39, 0.29) is 18.1 Å². The molecule has 0 unspecified atom stereocenters. The van der Waals surface area contributed by atoms with Crippen LogP contribution in [0.1, 0.15) is 32.3 Å². The summed E-state index contributed by atoms with van der Waals surface area (Å²) in [5.41, 5.74) is -1.40. The van der Waals surface area contributed by atoms with E-state index in [0.717, 1.165) is 14.0 Å². The molecule has 1 amide bonds. The number of hydroxylamine groups is 2. The third kappa shape index (κ3) is 4.07. The average molecular weight is 323 g/mol. The predicted octanol–water partition coefficient (Wildman–Crippen LogP) is 2.32. The molecule has 0 aliphatic carbocycles. The monoisotopic (exact) mass is 323 g/mol. The van der Waals surface area contributed by atoms with E-state index < -0.39 is 23.4 Å². The van der Waals surface area contributed by atoms with E-state index in [1.54, 1.807) is 31.2 Å². The lowest BCUT2D eigenvalue weighted by Crippen LogP contribution is -2.60. The Balaban J connectivity index is 2.94. The molecular weight excluding hydrogens is 302 g/mol.